The molecular formula is C33H32N6O3. The quantitative estimate of drug-likeness (QED) is 0.206. The van der Waals surface area contributed by atoms with Crippen molar-refractivity contribution < 1.29 is 14.3 Å². The fourth-order valence-electron chi connectivity index (χ4n) is 4.48. The molecule has 212 valence electrons. The van der Waals surface area contributed by atoms with Crippen LogP contribution in [0.4, 0.5) is 23.0 Å². The summed E-state index contributed by atoms with van der Waals surface area (Å²) in [5, 5.41) is 8.99. The van der Waals surface area contributed by atoms with Gasteiger partial charge in [0.15, 0.2) is 0 Å². The van der Waals surface area contributed by atoms with Crippen molar-refractivity contribution in [1.82, 2.24) is 14.9 Å². The molecular weight excluding hydrogens is 528 g/mol. The van der Waals surface area contributed by atoms with Gasteiger partial charge in [-0.2, -0.15) is 0 Å². The molecule has 6 bridgehead atoms. The SMILES string of the molecule is C=CC(=O)Nc1ccc(C(=O)Nc2cc3cc(c2)Nc2nccc(n2)-c2cccc(c2)OCC/C=C\CN(C)C3)cc1. The molecule has 0 spiro atoms. The first-order chi connectivity index (χ1) is 20.4. The number of hydrogen-bond donors (Lipinski definition) is 3. The van der Waals surface area contributed by atoms with Crippen LogP contribution in [0, 0.1) is 0 Å². The largest absolute Gasteiger partial charge is 0.493 e. The topological polar surface area (TPSA) is 108 Å². The molecule has 9 nitrogen and oxygen atoms in total. The maximum Gasteiger partial charge on any atom is 0.255 e. The highest BCUT2D eigenvalue weighted by atomic mass is 16.5. The molecule has 3 aromatic carbocycles. The average Bonchev–Trinajstić information content (AvgIpc) is 2.99. The van der Waals surface area contributed by atoms with E-state index in [1.165, 1.54) is 6.08 Å². The highest BCUT2D eigenvalue weighted by Gasteiger charge is 2.12. The number of hydrogen-bond acceptors (Lipinski definition) is 7. The van der Waals surface area contributed by atoms with Gasteiger partial charge in [0.2, 0.25) is 11.9 Å². The van der Waals surface area contributed by atoms with E-state index in [1.807, 2.05) is 55.6 Å². The number of benzene rings is 3. The molecule has 0 atom stereocenters. The second kappa shape index (κ2) is 13.4. The van der Waals surface area contributed by atoms with E-state index < -0.39 is 0 Å². The first kappa shape index (κ1) is 28.3. The molecule has 1 aliphatic rings. The molecule has 3 N–H and O–H groups in total. The Balaban J connectivity index is 1.43. The number of nitrogens with one attached hydrogen (secondary N) is 3. The van der Waals surface area contributed by atoms with E-state index in [1.54, 1.807) is 30.5 Å². The summed E-state index contributed by atoms with van der Waals surface area (Å²) in [6, 6.07) is 22.2. The van der Waals surface area contributed by atoms with Crippen LogP contribution in [0.2, 0.25) is 0 Å². The zero-order chi connectivity index (χ0) is 29.3. The lowest BCUT2D eigenvalue weighted by atomic mass is 10.1. The molecule has 0 aliphatic carbocycles. The van der Waals surface area contributed by atoms with Crippen molar-refractivity contribution in [3.63, 3.8) is 0 Å². The minimum absolute atomic E-state index is 0.272. The second-order valence-corrected chi connectivity index (χ2v) is 9.87. The van der Waals surface area contributed by atoms with Crippen LogP contribution in [0.3, 0.4) is 0 Å². The summed E-state index contributed by atoms with van der Waals surface area (Å²) in [6.07, 6.45) is 7.96. The number of carbonyl (C=O) groups excluding carboxylic acids is 2. The molecule has 42 heavy (non-hydrogen) atoms. The van der Waals surface area contributed by atoms with Gasteiger partial charge in [0, 0.05) is 47.5 Å². The van der Waals surface area contributed by atoms with Crippen molar-refractivity contribution in [2.45, 2.75) is 13.0 Å². The Morgan fingerprint density at radius 2 is 1.86 bits per heavy atom. The van der Waals surface area contributed by atoms with Crippen molar-refractivity contribution in [3.05, 3.63) is 115 Å². The minimum Gasteiger partial charge on any atom is -0.493 e. The van der Waals surface area contributed by atoms with E-state index in [0.29, 0.717) is 36.0 Å². The van der Waals surface area contributed by atoms with E-state index in [4.69, 9.17) is 9.72 Å². The first-order valence-corrected chi connectivity index (χ1v) is 13.6. The number of anilines is 4. The van der Waals surface area contributed by atoms with Crippen LogP contribution in [0.5, 0.6) is 5.75 Å². The Bertz CT molecular complexity index is 1620. The van der Waals surface area contributed by atoms with Crippen LogP contribution >= 0.6 is 0 Å². The van der Waals surface area contributed by atoms with Crippen LogP contribution in [0.25, 0.3) is 11.3 Å². The zero-order valence-electron chi connectivity index (χ0n) is 23.3. The predicted octanol–water partition coefficient (Wildman–Crippen LogP) is 6.03. The van der Waals surface area contributed by atoms with Gasteiger partial charge in [0.25, 0.3) is 5.91 Å². The zero-order valence-corrected chi connectivity index (χ0v) is 23.3. The summed E-state index contributed by atoms with van der Waals surface area (Å²) in [6.45, 7) is 5.44. The Kier molecular flexibility index (Phi) is 9.00. The van der Waals surface area contributed by atoms with Crippen LogP contribution in [0.15, 0.2) is 104 Å². The second-order valence-electron chi connectivity index (χ2n) is 9.87. The van der Waals surface area contributed by atoms with Gasteiger partial charge >= 0.3 is 0 Å². The summed E-state index contributed by atoms with van der Waals surface area (Å²) < 4.78 is 5.95. The van der Waals surface area contributed by atoms with Gasteiger partial charge in [0.1, 0.15) is 5.75 Å². The van der Waals surface area contributed by atoms with Gasteiger partial charge in [-0.1, -0.05) is 30.9 Å². The van der Waals surface area contributed by atoms with Gasteiger partial charge in [-0.05, 0) is 85.8 Å². The monoisotopic (exact) mass is 560 g/mol. The third kappa shape index (κ3) is 7.67. The number of nitrogens with zero attached hydrogens (tertiary/aromatic N) is 3. The number of amides is 2. The summed E-state index contributed by atoms with van der Waals surface area (Å²) in [5.74, 6) is 0.634. The Hall–Kier alpha value is -5.28. The van der Waals surface area contributed by atoms with Crippen molar-refractivity contribution in [2.24, 2.45) is 0 Å². The number of rotatable bonds is 4. The maximum absolute atomic E-state index is 13.1. The van der Waals surface area contributed by atoms with Crippen LogP contribution in [-0.4, -0.2) is 46.9 Å². The molecule has 0 fully saturated rings. The maximum atomic E-state index is 13.1. The van der Waals surface area contributed by atoms with Crippen LogP contribution < -0.4 is 20.7 Å². The smallest absolute Gasteiger partial charge is 0.255 e. The molecule has 4 aromatic rings. The number of likely N-dealkylation sites (N-methyl/N-ethyl adjacent to an activating group) is 1. The highest BCUT2D eigenvalue weighted by molar-refractivity contribution is 6.05. The molecule has 5 rings (SSSR count). The predicted molar refractivity (Wildman–Crippen MR) is 166 cm³/mol. The lowest BCUT2D eigenvalue weighted by molar-refractivity contribution is -0.111. The summed E-state index contributed by atoms with van der Waals surface area (Å²) in [5.41, 5.74) is 5.09. The Labute approximate surface area is 245 Å². The molecule has 2 heterocycles. The standard InChI is InChI=1S/C33H32N6O3/c1-3-31(40)35-26-12-10-24(11-13-26)32(41)36-27-18-23-19-28(21-27)37-33-34-15-14-30(38-33)25-8-7-9-29(20-25)42-17-6-4-5-16-39(2)22-23/h3-5,7-15,18-21H,1,6,16-17,22H2,2H3,(H,35,40)(H,36,41)(H,34,37,38)/b5-4-. The van der Waals surface area contributed by atoms with Crippen LogP contribution in [0.1, 0.15) is 22.3 Å². The lowest BCUT2D eigenvalue weighted by Crippen LogP contribution is -2.18. The molecule has 0 saturated heterocycles. The number of fused-ring (bicyclic) bond motifs is 7. The third-order valence-electron chi connectivity index (χ3n) is 6.48. The van der Waals surface area contributed by atoms with Crippen LogP contribution in [-0.2, 0) is 11.3 Å². The first-order valence-electron chi connectivity index (χ1n) is 13.6. The summed E-state index contributed by atoms with van der Waals surface area (Å²) in [7, 11) is 2.04. The van der Waals surface area contributed by atoms with Crippen molar-refractivity contribution in [3.8, 4) is 17.0 Å². The van der Waals surface area contributed by atoms with Gasteiger partial charge in [-0.3, -0.25) is 14.5 Å². The molecule has 2 amide bonds. The van der Waals surface area contributed by atoms with E-state index in [-0.39, 0.29) is 11.8 Å². The lowest BCUT2D eigenvalue weighted by Gasteiger charge is -2.17. The number of carbonyl (C=O) groups is 2. The van der Waals surface area contributed by atoms with E-state index in [2.05, 4.69) is 44.6 Å². The average molecular weight is 561 g/mol. The highest BCUT2D eigenvalue weighted by Crippen LogP contribution is 2.26. The Morgan fingerprint density at radius 1 is 1.00 bits per heavy atom. The van der Waals surface area contributed by atoms with Gasteiger partial charge in [0.05, 0.1) is 12.3 Å². The fourth-order valence-corrected chi connectivity index (χ4v) is 4.48. The minimum atomic E-state index is -0.315. The molecule has 9 heteroatoms. The third-order valence-corrected chi connectivity index (χ3v) is 6.48. The van der Waals surface area contributed by atoms with Crippen molar-refractivity contribution >= 4 is 34.8 Å². The molecule has 1 aromatic heterocycles. The van der Waals surface area contributed by atoms with Crippen molar-refractivity contribution in [2.75, 3.05) is 36.1 Å². The fraction of sp³-hybridized carbons (Fsp3) is 0.152. The summed E-state index contributed by atoms with van der Waals surface area (Å²) >= 11 is 0. The van der Waals surface area contributed by atoms with E-state index in [0.717, 1.165) is 41.2 Å². The molecule has 1 aliphatic heterocycles. The van der Waals surface area contributed by atoms with Gasteiger partial charge in [-0.15, -0.1) is 0 Å². The molecule has 0 saturated carbocycles. The summed E-state index contributed by atoms with van der Waals surface area (Å²) in [4.78, 5) is 36.0. The van der Waals surface area contributed by atoms with E-state index in [9.17, 15) is 9.59 Å². The van der Waals surface area contributed by atoms with Gasteiger partial charge < -0.3 is 20.7 Å². The normalized spacial score (nSPS) is 14.2. The molecule has 0 radical (unpaired) electrons. The van der Waals surface area contributed by atoms with Gasteiger partial charge in [-0.25, -0.2) is 9.97 Å². The number of ether oxygens (including phenoxy) is 1. The Morgan fingerprint density at radius 3 is 2.69 bits per heavy atom. The van der Waals surface area contributed by atoms with Crippen molar-refractivity contribution in [1.29, 1.82) is 0 Å². The van der Waals surface area contributed by atoms with E-state index >= 15 is 0 Å². The molecule has 0 unspecified atom stereocenters. The number of aromatic nitrogens is 2.